The van der Waals surface area contributed by atoms with Gasteiger partial charge in [0.05, 0.1) is 24.5 Å². The minimum atomic E-state index is -0.602. The summed E-state index contributed by atoms with van der Waals surface area (Å²) in [5.74, 6) is -1.13. The Morgan fingerprint density at radius 2 is 2.17 bits per heavy atom. The molecule has 1 aromatic rings. The van der Waals surface area contributed by atoms with Crippen molar-refractivity contribution in [1.29, 1.82) is 0 Å². The average molecular weight is 256 g/mol. The number of anilines is 2. The van der Waals surface area contributed by atoms with Gasteiger partial charge in [0.15, 0.2) is 0 Å². The fourth-order valence-corrected chi connectivity index (χ4v) is 1.35. The number of rotatable bonds is 5. The molecule has 1 aromatic carbocycles. The smallest absolute Gasteiger partial charge is 0.340 e. The van der Waals surface area contributed by atoms with E-state index in [9.17, 15) is 9.18 Å². The Morgan fingerprint density at radius 3 is 2.72 bits per heavy atom. The van der Waals surface area contributed by atoms with Crippen molar-refractivity contribution in [3.63, 3.8) is 0 Å². The Kier molecular flexibility index (Phi) is 4.91. The number of esters is 1. The number of nitrogens with one attached hydrogen (secondary N) is 1. The van der Waals surface area contributed by atoms with E-state index in [1.807, 2.05) is 6.92 Å². The summed E-state index contributed by atoms with van der Waals surface area (Å²) in [6.45, 7) is 2.25. The third-order valence-electron chi connectivity index (χ3n) is 2.53. The van der Waals surface area contributed by atoms with E-state index in [2.05, 4.69) is 10.1 Å². The van der Waals surface area contributed by atoms with Crippen molar-refractivity contribution in [2.75, 3.05) is 31.8 Å². The summed E-state index contributed by atoms with van der Waals surface area (Å²) >= 11 is 0. The Labute approximate surface area is 105 Å². The number of hydrogen-bond donors (Lipinski definition) is 2. The quantitative estimate of drug-likeness (QED) is 0.619. The van der Waals surface area contributed by atoms with Gasteiger partial charge in [0.2, 0.25) is 0 Å². The maximum Gasteiger partial charge on any atom is 0.340 e. The van der Waals surface area contributed by atoms with Crippen molar-refractivity contribution in [3.05, 3.63) is 23.5 Å². The number of methoxy groups -OCH3 is 2. The first-order valence-electron chi connectivity index (χ1n) is 5.43. The SMILES string of the molecule is COC(=O)c1cc(NCC(C)OC)c(F)cc1N. The van der Waals surface area contributed by atoms with Gasteiger partial charge in [-0.25, -0.2) is 9.18 Å². The van der Waals surface area contributed by atoms with Crippen LogP contribution in [0.5, 0.6) is 0 Å². The fraction of sp³-hybridized carbons (Fsp3) is 0.417. The number of carbonyl (C=O) groups excluding carboxylic acids is 1. The topological polar surface area (TPSA) is 73.6 Å². The standard InChI is InChI=1S/C12H17FN2O3/c1-7(17-2)6-15-11-4-8(12(16)18-3)10(14)5-9(11)13/h4-5,7,15H,6,14H2,1-3H3. The highest BCUT2D eigenvalue weighted by atomic mass is 19.1. The first-order valence-corrected chi connectivity index (χ1v) is 5.43. The summed E-state index contributed by atoms with van der Waals surface area (Å²) < 4.78 is 23.2. The molecule has 1 atom stereocenters. The lowest BCUT2D eigenvalue weighted by Crippen LogP contribution is -2.19. The van der Waals surface area contributed by atoms with E-state index in [-0.39, 0.29) is 23.0 Å². The summed E-state index contributed by atoms with van der Waals surface area (Å²) in [5.41, 5.74) is 5.92. The maximum atomic E-state index is 13.6. The highest BCUT2D eigenvalue weighted by Gasteiger charge is 2.14. The van der Waals surface area contributed by atoms with Crippen molar-refractivity contribution in [1.82, 2.24) is 0 Å². The molecule has 3 N–H and O–H groups in total. The van der Waals surface area contributed by atoms with E-state index in [1.54, 1.807) is 7.11 Å². The van der Waals surface area contributed by atoms with Crippen LogP contribution in [-0.2, 0) is 9.47 Å². The lowest BCUT2D eigenvalue weighted by molar-refractivity contribution is 0.0602. The van der Waals surface area contributed by atoms with Crippen molar-refractivity contribution < 1.29 is 18.7 Å². The molecular formula is C12H17FN2O3. The molecule has 0 spiro atoms. The molecule has 18 heavy (non-hydrogen) atoms. The van der Waals surface area contributed by atoms with Gasteiger partial charge in [-0.05, 0) is 19.1 Å². The molecule has 5 nitrogen and oxygen atoms in total. The van der Waals surface area contributed by atoms with E-state index < -0.39 is 11.8 Å². The van der Waals surface area contributed by atoms with Crippen LogP contribution < -0.4 is 11.1 Å². The second-order valence-electron chi connectivity index (χ2n) is 3.84. The Hall–Kier alpha value is -1.82. The van der Waals surface area contributed by atoms with Crippen LogP contribution >= 0.6 is 0 Å². The van der Waals surface area contributed by atoms with E-state index in [0.717, 1.165) is 6.07 Å². The molecule has 1 rings (SSSR count). The van der Waals surface area contributed by atoms with Crippen LogP contribution in [0.25, 0.3) is 0 Å². The fourth-order valence-electron chi connectivity index (χ4n) is 1.35. The Bertz CT molecular complexity index is 438. The number of halogens is 1. The molecule has 0 aliphatic rings. The predicted octanol–water partition coefficient (Wildman–Crippen LogP) is 1.64. The molecule has 0 aliphatic heterocycles. The largest absolute Gasteiger partial charge is 0.465 e. The molecule has 0 saturated carbocycles. The van der Waals surface area contributed by atoms with Gasteiger partial charge in [0.25, 0.3) is 0 Å². The molecule has 1 unspecified atom stereocenters. The minimum absolute atomic E-state index is 0.0460. The van der Waals surface area contributed by atoms with E-state index in [1.165, 1.54) is 13.2 Å². The summed E-state index contributed by atoms with van der Waals surface area (Å²) in [6, 6.07) is 2.42. The van der Waals surface area contributed by atoms with Gasteiger partial charge < -0.3 is 20.5 Å². The zero-order chi connectivity index (χ0) is 13.7. The zero-order valence-electron chi connectivity index (χ0n) is 10.6. The summed E-state index contributed by atoms with van der Waals surface area (Å²) in [7, 11) is 2.80. The predicted molar refractivity (Wildman–Crippen MR) is 67.1 cm³/mol. The van der Waals surface area contributed by atoms with Gasteiger partial charge in [-0.1, -0.05) is 0 Å². The number of benzene rings is 1. The van der Waals surface area contributed by atoms with Crippen LogP contribution in [0.4, 0.5) is 15.8 Å². The molecular weight excluding hydrogens is 239 g/mol. The molecule has 0 aliphatic carbocycles. The number of carbonyl (C=O) groups is 1. The molecule has 0 radical (unpaired) electrons. The van der Waals surface area contributed by atoms with Crippen LogP contribution in [-0.4, -0.2) is 32.8 Å². The second-order valence-corrected chi connectivity index (χ2v) is 3.84. The number of nitrogen functional groups attached to an aromatic ring is 1. The van der Waals surface area contributed by atoms with Gasteiger partial charge in [-0.3, -0.25) is 0 Å². The third-order valence-corrected chi connectivity index (χ3v) is 2.53. The van der Waals surface area contributed by atoms with Crippen LogP contribution in [0.2, 0.25) is 0 Å². The lowest BCUT2D eigenvalue weighted by atomic mass is 10.1. The lowest BCUT2D eigenvalue weighted by Gasteiger charge is -2.14. The highest BCUT2D eigenvalue weighted by Crippen LogP contribution is 2.22. The maximum absolute atomic E-state index is 13.6. The number of ether oxygens (including phenoxy) is 2. The van der Waals surface area contributed by atoms with Crippen molar-refractivity contribution in [2.45, 2.75) is 13.0 Å². The molecule has 0 heterocycles. The minimum Gasteiger partial charge on any atom is -0.465 e. The summed E-state index contributed by atoms with van der Waals surface area (Å²) in [6.07, 6.45) is -0.0801. The molecule has 6 heteroatoms. The van der Waals surface area contributed by atoms with Gasteiger partial charge in [-0.2, -0.15) is 0 Å². The molecule has 100 valence electrons. The van der Waals surface area contributed by atoms with Gasteiger partial charge >= 0.3 is 5.97 Å². The van der Waals surface area contributed by atoms with Crippen LogP contribution in [0.1, 0.15) is 17.3 Å². The average Bonchev–Trinajstić information content (AvgIpc) is 2.36. The Balaban J connectivity index is 2.94. The first kappa shape index (κ1) is 14.2. The first-order chi connectivity index (χ1) is 8.49. The third kappa shape index (κ3) is 3.33. The second kappa shape index (κ2) is 6.20. The highest BCUT2D eigenvalue weighted by molar-refractivity contribution is 5.96. The van der Waals surface area contributed by atoms with E-state index in [0.29, 0.717) is 6.54 Å². The van der Waals surface area contributed by atoms with Gasteiger partial charge in [-0.15, -0.1) is 0 Å². The van der Waals surface area contributed by atoms with Crippen molar-refractivity contribution in [2.24, 2.45) is 0 Å². The van der Waals surface area contributed by atoms with Crippen molar-refractivity contribution >= 4 is 17.3 Å². The van der Waals surface area contributed by atoms with Crippen LogP contribution in [0, 0.1) is 5.82 Å². The number of nitrogens with two attached hydrogens (primary N) is 1. The van der Waals surface area contributed by atoms with Gasteiger partial charge in [0.1, 0.15) is 5.82 Å². The van der Waals surface area contributed by atoms with Crippen LogP contribution in [0.3, 0.4) is 0 Å². The van der Waals surface area contributed by atoms with Crippen LogP contribution in [0.15, 0.2) is 12.1 Å². The monoisotopic (exact) mass is 256 g/mol. The molecule has 0 amide bonds. The van der Waals surface area contributed by atoms with E-state index in [4.69, 9.17) is 10.5 Å². The Morgan fingerprint density at radius 1 is 1.50 bits per heavy atom. The molecule has 0 bridgehead atoms. The number of hydrogen-bond acceptors (Lipinski definition) is 5. The summed E-state index contributed by atoms with van der Waals surface area (Å²) in [4.78, 5) is 11.4. The molecule has 0 saturated heterocycles. The van der Waals surface area contributed by atoms with E-state index >= 15 is 0 Å². The molecule has 0 aromatic heterocycles. The van der Waals surface area contributed by atoms with Gasteiger partial charge in [0, 0.05) is 19.3 Å². The summed E-state index contributed by atoms with van der Waals surface area (Å²) in [5, 5.41) is 2.85. The normalized spacial score (nSPS) is 12.0. The molecule has 0 fully saturated rings. The van der Waals surface area contributed by atoms with Crippen molar-refractivity contribution in [3.8, 4) is 0 Å². The zero-order valence-corrected chi connectivity index (χ0v) is 10.6.